The number of rotatable bonds is 1. The van der Waals surface area contributed by atoms with Gasteiger partial charge in [-0.1, -0.05) is 0 Å². The van der Waals surface area contributed by atoms with Crippen LogP contribution in [0.3, 0.4) is 0 Å². The molecular formula is C7H13NO2. The average molecular weight is 143 g/mol. The van der Waals surface area contributed by atoms with Gasteiger partial charge < -0.3 is 4.74 Å². The third-order valence-electron chi connectivity index (χ3n) is 1.76. The van der Waals surface area contributed by atoms with Crippen molar-refractivity contribution in [3.05, 3.63) is 0 Å². The minimum absolute atomic E-state index is 0.00579. The van der Waals surface area contributed by atoms with Crippen molar-refractivity contribution in [2.45, 2.75) is 18.9 Å². The van der Waals surface area contributed by atoms with E-state index in [0.717, 1.165) is 12.8 Å². The minimum Gasteiger partial charge on any atom is -0.465 e. The van der Waals surface area contributed by atoms with Crippen molar-refractivity contribution in [1.82, 2.24) is 4.90 Å². The highest BCUT2D eigenvalue weighted by atomic mass is 16.5. The summed E-state index contributed by atoms with van der Waals surface area (Å²) < 4.78 is 4.87. The number of carbonyl (C=O) groups excluding carboxylic acids is 1. The Balaban J connectivity index is 2.48. The Kier molecular flexibility index (Phi) is 2.27. The van der Waals surface area contributed by atoms with Crippen molar-refractivity contribution >= 4 is 5.97 Å². The molecule has 3 nitrogen and oxygen atoms in total. The van der Waals surface area contributed by atoms with Crippen molar-refractivity contribution in [3.8, 4) is 0 Å². The number of cyclic esters (lactones) is 1. The molecule has 58 valence electrons. The molecule has 0 aromatic rings. The first-order valence-corrected chi connectivity index (χ1v) is 3.55. The first kappa shape index (κ1) is 7.54. The largest absolute Gasteiger partial charge is 0.465 e. The Morgan fingerprint density at radius 3 is 2.70 bits per heavy atom. The van der Waals surface area contributed by atoms with Gasteiger partial charge >= 0.3 is 5.97 Å². The normalized spacial score (nSPS) is 26.7. The lowest BCUT2D eigenvalue weighted by atomic mass is 10.1. The zero-order valence-corrected chi connectivity index (χ0v) is 6.46. The van der Waals surface area contributed by atoms with Crippen LogP contribution in [0.4, 0.5) is 0 Å². The summed E-state index contributed by atoms with van der Waals surface area (Å²) in [5, 5.41) is 0. The van der Waals surface area contributed by atoms with Gasteiger partial charge in [-0.3, -0.25) is 9.69 Å². The maximum atomic E-state index is 11.0. The smallest absolute Gasteiger partial charge is 0.323 e. The van der Waals surface area contributed by atoms with Gasteiger partial charge in [0.2, 0.25) is 0 Å². The molecule has 0 N–H and O–H groups in total. The molecule has 0 amide bonds. The summed E-state index contributed by atoms with van der Waals surface area (Å²) in [4.78, 5) is 12.9. The standard InChI is InChI=1S/C7H13NO2/c1-8(2)6-4-3-5-10-7(6)9/h6H,3-5H2,1-2H3. The van der Waals surface area contributed by atoms with Crippen LogP contribution in [0.25, 0.3) is 0 Å². The molecule has 1 aliphatic rings. The molecule has 1 heterocycles. The second-order valence-corrected chi connectivity index (χ2v) is 2.79. The van der Waals surface area contributed by atoms with Crippen LogP contribution in [0.2, 0.25) is 0 Å². The molecule has 1 atom stereocenters. The molecule has 1 fully saturated rings. The topological polar surface area (TPSA) is 29.5 Å². The summed E-state index contributed by atoms with van der Waals surface area (Å²) >= 11 is 0. The highest BCUT2D eigenvalue weighted by Gasteiger charge is 2.25. The number of nitrogens with zero attached hydrogens (tertiary/aromatic N) is 1. The quantitative estimate of drug-likeness (QED) is 0.493. The molecule has 0 aromatic heterocycles. The minimum atomic E-state index is -0.0729. The van der Waals surface area contributed by atoms with Crippen LogP contribution in [-0.4, -0.2) is 37.6 Å². The van der Waals surface area contributed by atoms with Crippen LogP contribution >= 0.6 is 0 Å². The Hall–Kier alpha value is -0.570. The van der Waals surface area contributed by atoms with Gasteiger partial charge in [-0.05, 0) is 26.9 Å². The van der Waals surface area contributed by atoms with Crippen LogP contribution in [-0.2, 0) is 9.53 Å². The molecule has 0 radical (unpaired) electrons. The molecule has 0 aliphatic carbocycles. The van der Waals surface area contributed by atoms with E-state index in [9.17, 15) is 4.79 Å². The van der Waals surface area contributed by atoms with E-state index in [4.69, 9.17) is 4.74 Å². The van der Waals surface area contributed by atoms with Crippen molar-refractivity contribution < 1.29 is 9.53 Å². The van der Waals surface area contributed by atoms with Crippen molar-refractivity contribution in [2.24, 2.45) is 0 Å². The zero-order chi connectivity index (χ0) is 7.56. The van der Waals surface area contributed by atoms with Gasteiger partial charge in [-0.15, -0.1) is 0 Å². The van der Waals surface area contributed by atoms with Gasteiger partial charge in [0, 0.05) is 0 Å². The Bertz CT molecular complexity index is 134. The predicted octanol–water partition coefficient (Wildman–Crippen LogP) is 0.254. The molecule has 0 spiro atoms. The SMILES string of the molecule is CN(C)C1CCCOC1=O. The Labute approximate surface area is 61.0 Å². The van der Waals surface area contributed by atoms with Crippen molar-refractivity contribution in [2.75, 3.05) is 20.7 Å². The van der Waals surface area contributed by atoms with Crippen LogP contribution in [0, 0.1) is 0 Å². The molecule has 1 aliphatic heterocycles. The molecule has 0 aromatic carbocycles. The lowest BCUT2D eigenvalue weighted by Crippen LogP contribution is -2.40. The number of hydrogen-bond donors (Lipinski definition) is 0. The Morgan fingerprint density at radius 2 is 2.30 bits per heavy atom. The fourth-order valence-electron chi connectivity index (χ4n) is 1.13. The molecule has 0 saturated carbocycles. The van der Waals surface area contributed by atoms with Gasteiger partial charge in [0.05, 0.1) is 6.61 Å². The zero-order valence-electron chi connectivity index (χ0n) is 6.46. The van der Waals surface area contributed by atoms with E-state index in [1.807, 2.05) is 19.0 Å². The monoisotopic (exact) mass is 143 g/mol. The summed E-state index contributed by atoms with van der Waals surface area (Å²) in [6.07, 6.45) is 1.93. The van der Waals surface area contributed by atoms with Crippen LogP contribution in [0.15, 0.2) is 0 Å². The van der Waals surface area contributed by atoms with E-state index in [1.165, 1.54) is 0 Å². The summed E-state index contributed by atoms with van der Waals surface area (Å²) in [7, 11) is 3.80. The fraction of sp³-hybridized carbons (Fsp3) is 0.857. The number of esters is 1. The second-order valence-electron chi connectivity index (χ2n) is 2.79. The third-order valence-corrected chi connectivity index (χ3v) is 1.76. The molecular weight excluding hydrogens is 130 g/mol. The van der Waals surface area contributed by atoms with Crippen LogP contribution in [0.5, 0.6) is 0 Å². The highest BCUT2D eigenvalue weighted by Crippen LogP contribution is 2.11. The molecule has 0 bridgehead atoms. The summed E-state index contributed by atoms with van der Waals surface area (Å²) in [6.45, 7) is 0.600. The molecule has 1 rings (SSSR count). The predicted molar refractivity (Wildman–Crippen MR) is 37.7 cm³/mol. The van der Waals surface area contributed by atoms with E-state index >= 15 is 0 Å². The van der Waals surface area contributed by atoms with E-state index < -0.39 is 0 Å². The van der Waals surface area contributed by atoms with Crippen molar-refractivity contribution in [3.63, 3.8) is 0 Å². The lowest BCUT2D eigenvalue weighted by Gasteiger charge is -2.25. The number of likely N-dealkylation sites (N-methyl/N-ethyl adjacent to an activating group) is 1. The number of carbonyl (C=O) groups is 1. The summed E-state index contributed by atoms with van der Waals surface area (Å²) in [6, 6.07) is -0.00579. The maximum absolute atomic E-state index is 11.0. The van der Waals surface area contributed by atoms with Crippen LogP contribution in [0.1, 0.15) is 12.8 Å². The summed E-state index contributed by atoms with van der Waals surface area (Å²) in [5.41, 5.74) is 0. The fourth-order valence-corrected chi connectivity index (χ4v) is 1.13. The third kappa shape index (κ3) is 1.48. The van der Waals surface area contributed by atoms with Crippen molar-refractivity contribution in [1.29, 1.82) is 0 Å². The first-order valence-electron chi connectivity index (χ1n) is 3.55. The van der Waals surface area contributed by atoms with E-state index in [-0.39, 0.29) is 12.0 Å². The summed E-state index contributed by atoms with van der Waals surface area (Å²) in [5.74, 6) is -0.0729. The molecule has 10 heavy (non-hydrogen) atoms. The van der Waals surface area contributed by atoms with Gasteiger partial charge in [-0.2, -0.15) is 0 Å². The average Bonchev–Trinajstić information content (AvgIpc) is 1.88. The van der Waals surface area contributed by atoms with Crippen LogP contribution < -0.4 is 0 Å². The van der Waals surface area contributed by atoms with Gasteiger partial charge in [0.25, 0.3) is 0 Å². The molecule has 1 unspecified atom stereocenters. The maximum Gasteiger partial charge on any atom is 0.323 e. The highest BCUT2D eigenvalue weighted by molar-refractivity contribution is 5.76. The lowest BCUT2D eigenvalue weighted by molar-refractivity contribution is -0.153. The van der Waals surface area contributed by atoms with Gasteiger partial charge in [0.15, 0.2) is 0 Å². The van der Waals surface area contributed by atoms with E-state index in [2.05, 4.69) is 0 Å². The van der Waals surface area contributed by atoms with Gasteiger partial charge in [0.1, 0.15) is 6.04 Å². The molecule has 3 heteroatoms. The van der Waals surface area contributed by atoms with E-state index in [1.54, 1.807) is 0 Å². The number of hydrogen-bond acceptors (Lipinski definition) is 3. The number of ether oxygens (including phenoxy) is 1. The second kappa shape index (κ2) is 3.01. The Morgan fingerprint density at radius 1 is 1.60 bits per heavy atom. The first-order chi connectivity index (χ1) is 4.72. The molecule has 1 saturated heterocycles. The van der Waals surface area contributed by atoms with E-state index in [0.29, 0.717) is 6.61 Å². The van der Waals surface area contributed by atoms with Gasteiger partial charge in [-0.25, -0.2) is 0 Å².